The molecule has 0 spiro atoms. The van der Waals surface area contributed by atoms with Gasteiger partial charge >= 0.3 is 6.03 Å². The number of fused-ring (bicyclic) bond motifs is 1. The van der Waals surface area contributed by atoms with Gasteiger partial charge in [0.25, 0.3) is 5.91 Å². The van der Waals surface area contributed by atoms with E-state index in [1.807, 2.05) is 41.3 Å². The molecule has 1 unspecified atom stereocenters. The predicted octanol–water partition coefficient (Wildman–Crippen LogP) is 5.90. The molecule has 4 aromatic rings. The van der Waals surface area contributed by atoms with Crippen molar-refractivity contribution in [1.82, 2.24) is 14.8 Å². The normalized spacial score (nSPS) is 16.9. The maximum atomic E-state index is 13.2. The van der Waals surface area contributed by atoms with Crippen LogP contribution in [-0.4, -0.2) is 39.8 Å². The molecule has 1 aromatic heterocycles. The van der Waals surface area contributed by atoms with E-state index in [0.717, 1.165) is 50.2 Å². The van der Waals surface area contributed by atoms with Gasteiger partial charge in [-0.1, -0.05) is 48.5 Å². The lowest BCUT2D eigenvalue weighted by molar-refractivity contribution is 0.102. The fourth-order valence-corrected chi connectivity index (χ4v) is 6.55. The van der Waals surface area contributed by atoms with E-state index in [1.54, 1.807) is 29.5 Å². The first-order valence-electron chi connectivity index (χ1n) is 13.6. The maximum Gasteiger partial charge on any atom is 0.322 e. The lowest BCUT2D eigenvalue weighted by Gasteiger charge is -2.25. The van der Waals surface area contributed by atoms with Crippen LogP contribution in [0.5, 0.6) is 0 Å². The quantitative estimate of drug-likeness (QED) is 0.258. The number of likely N-dealkylation sites (tertiary alicyclic amines) is 1. The highest BCUT2D eigenvalue weighted by Gasteiger charge is 2.30. The Morgan fingerprint density at radius 2 is 1.82 bits per heavy atom. The second kappa shape index (κ2) is 11.5. The second-order valence-electron chi connectivity index (χ2n) is 10.3. The predicted molar refractivity (Wildman–Crippen MR) is 159 cm³/mol. The molecule has 8 nitrogen and oxygen atoms in total. The molecular formula is C31H32N6O2S. The van der Waals surface area contributed by atoms with E-state index in [1.165, 1.54) is 10.4 Å². The maximum absolute atomic E-state index is 13.2. The summed E-state index contributed by atoms with van der Waals surface area (Å²) in [6, 6.07) is 24.9. The molecule has 204 valence electrons. The van der Waals surface area contributed by atoms with E-state index in [-0.39, 0.29) is 18.0 Å². The van der Waals surface area contributed by atoms with E-state index in [4.69, 9.17) is 10.7 Å². The molecule has 0 radical (unpaired) electrons. The Bertz CT molecular complexity index is 1520. The van der Waals surface area contributed by atoms with Crippen LogP contribution >= 0.6 is 11.3 Å². The largest absolute Gasteiger partial charge is 0.399 e. The van der Waals surface area contributed by atoms with Gasteiger partial charge in [0.15, 0.2) is 5.13 Å². The average molecular weight is 553 g/mol. The summed E-state index contributed by atoms with van der Waals surface area (Å²) in [5.74, 6) is -0.192. The minimum absolute atomic E-state index is 0.100. The van der Waals surface area contributed by atoms with Crippen molar-refractivity contribution in [3.63, 3.8) is 0 Å². The van der Waals surface area contributed by atoms with Gasteiger partial charge in [0.2, 0.25) is 0 Å². The lowest BCUT2D eigenvalue weighted by Crippen LogP contribution is -2.34. The summed E-state index contributed by atoms with van der Waals surface area (Å²) in [7, 11) is 0. The third kappa shape index (κ3) is 5.85. The summed E-state index contributed by atoms with van der Waals surface area (Å²) in [4.78, 5) is 36.5. The van der Waals surface area contributed by atoms with Crippen molar-refractivity contribution < 1.29 is 9.59 Å². The van der Waals surface area contributed by atoms with Crippen molar-refractivity contribution in [2.24, 2.45) is 0 Å². The first-order chi connectivity index (χ1) is 19.5. The number of nitrogens with one attached hydrogen (secondary N) is 2. The summed E-state index contributed by atoms with van der Waals surface area (Å²) in [6.45, 7) is 3.34. The molecule has 1 saturated heterocycles. The number of thiazole rings is 1. The smallest absolute Gasteiger partial charge is 0.322 e. The number of carbonyl (C=O) groups is 2. The van der Waals surface area contributed by atoms with Gasteiger partial charge in [-0.05, 0) is 54.3 Å². The third-order valence-electron chi connectivity index (χ3n) is 7.46. The lowest BCUT2D eigenvalue weighted by atomic mass is 10.0. The van der Waals surface area contributed by atoms with Crippen molar-refractivity contribution in [2.75, 3.05) is 29.5 Å². The molecule has 3 aromatic carbocycles. The number of benzene rings is 3. The zero-order chi connectivity index (χ0) is 27.5. The van der Waals surface area contributed by atoms with Crippen molar-refractivity contribution in [1.29, 1.82) is 0 Å². The van der Waals surface area contributed by atoms with Crippen LogP contribution in [0, 0.1) is 0 Å². The van der Waals surface area contributed by atoms with Gasteiger partial charge in [-0.25, -0.2) is 9.78 Å². The Morgan fingerprint density at radius 3 is 2.67 bits per heavy atom. The van der Waals surface area contributed by atoms with E-state index >= 15 is 0 Å². The number of hydrogen-bond acceptors (Lipinski definition) is 6. The fourth-order valence-electron chi connectivity index (χ4n) is 5.50. The molecule has 0 saturated carbocycles. The minimum Gasteiger partial charge on any atom is -0.399 e. The Kier molecular flexibility index (Phi) is 7.48. The van der Waals surface area contributed by atoms with Crippen LogP contribution in [-0.2, 0) is 19.5 Å². The molecule has 2 aliphatic heterocycles. The fraction of sp³-hybridized carbons (Fsp3) is 0.258. The van der Waals surface area contributed by atoms with E-state index < -0.39 is 0 Å². The van der Waals surface area contributed by atoms with Crippen molar-refractivity contribution in [3.05, 3.63) is 106 Å². The van der Waals surface area contributed by atoms with Crippen LogP contribution in [0.1, 0.15) is 50.9 Å². The van der Waals surface area contributed by atoms with E-state index in [0.29, 0.717) is 28.6 Å². The van der Waals surface area contributed by atoms with Gasteiger partial charge in [0.1, 0.15) is 0 Å². The number of rotatable bonds is 6. The topological polar surface area (TPSA) is 104 Å². The van der Waals surface area contributed by atoms with Gasteiger partial charge in [-0.2, -0.15) is 0 Å². The summed E-state index contributed by atoms with van der Waals surface area (Å²) in [5.41, 5.74) is 11.0. The molecule has 0 aliphatic carbocycles. The second-order valence-corrected chi connectivity index (χ2v) is 11.4. The number of urea groups is 1. The van der Waals surface area contributed by atoms with Crippen LogP contribution < -0.4 is 16.4 Å². The Labute approximate surface area is 237 Å². The average Bonchev–Trinajstić information content (AvgIpc) is 3.61. The highest BCUT2D eigenvalue weighted by molar-refractivity contribution is 7.15. The molecule has 9 heteroatoms. The number of amides is 3. The molecule has 1 fully saturated rings. The molecular weight excluding hydrogens is 520 g/mol. The van der Waals surface area contributed by atoms with E-state index in [2.05, 4.69) is 39.8 Å². The number of nitrogens with zero attached hydrogens (tertiary/aromatic N) is 3. The van der Waals surface area contributed by atoms with Gasteiger partial charge in [-0.3, -0.25) is 15.0 Å². The molecule has 2 aliphatic rings. The number of carbonyl (C=O) groups excluding carboxylic acids is 2. The zero-order valence-corrected chi connectivity index (χ0v) is 23.0. The third-order valence-corrected chi connectivity index (χ3v) is 8.46. The highest BCUT2D eigenvalue weighted by Crippen LogP contribution is 2.34. The first-order valence-corrected chi connectivity index (χ1v) is 14.4. The summed E-state index contributed by atoms with van der Waals surface area (Å²) in [5, 5.41) is 6.60. The van der Waals surface area contributed by atoms with Crippen LogP contribution in [0.4, 0.5) is 21.3 Å². The molecule has 6 rings (SSSR count). The number of nitrogen functional groups attached to an aromatic ring is 1. The van der Waals surface area contributed by atoms with Gasteiger partial charge in [-0.15, -0.1) is 11.3 Å². The Balaban J connectivity index is 1.11. The Hall–Kier alpha value is -4.21. The summed E-state index contributed by atoms with van der Waals surface area (Å²) < 4.78 is 0. The van der Waals surface area contributed by atoms with Gasteiger partial charge in [0.05, 0.1) is 11.7 Å². The van der Waals surface area contributed by atoms with Crippen LogP contribution in [0.25, 0.3) is 0 Å². The number of aromatic nitrogens is 1. The molecule has 0 bridgehead atoms. The number of hydrogen-bond donors (Lipinski definition) is 3. The first kappa shape index (κ1) is 26.0. The highest BCUT2D eigenvalue weighted by atomic mass is 32.1. The van der Waals surface area contributed by atoms with Crippen molar-refractivity contribution >= 4 is 39.8 Å². The SMILES string of the molecule is Nc1cccc(NC(=O)N2CCCC2c2cccc(C(=O)Nc3nc4c(s3)CN(Cc3ccccc3)CC4)c2)c1. The van der Waals surface area contributed by atoms with Crippen LogP contribution in [0.2, 0.25) is 0 Å². The summed E-state index contributed by atoms with van der Waals surface area (Å²) >= 11 is 1.55. The number of nitrogens with two attached hydrogens (primary N) is 1. The molecule has 4 N–H and O–H groups in total. The molecule has 3 heterocycles. The molecule has 40 heavy (non-hydrogen) atoms. The van der Waals surface area contributed by atoms with E-state index in [9.17, 15) is 9.59 Å². The van der Waals surface area contributed by atoms with Gasteiger partial charge < -0.3 is 16.0 Å². The van der Waals surface area contributed by atoms with Gasteiger partial charge in [0, 0.05) is 54.4 Å². The monoisotopic (exact) mass is 552 g/mol. The van der Waals surface area contributed by atoms with Crippen molar-refractivity contribution in [3.8, 4) is 0 Å². The van der Waals surface area contributed by atoms with Crippen LogP contribution in [0.3, 0.4) is 0 Å². The minimum atomic E-state index is -0.192. The summed E-state index contributed by atoms with van der Waals surface area (Å²) in [6.07, 6.45) is 2.62. The Morgan fingerprint density at radius 1 is 0.975 bits per heavy atom. The zero-order valence-electron chi connectivity index (χ0n) is 22.2. The number of anilines is 3. The standard InChI is InChI=1S/C31H32N6O2S/c32-24-11-5-12-25(18-24)33-31(39)37-15-6-13-27(37)22-9-4-10-23(17-22)29(38)35-30-34-26-14-16-36(20-28(26)40-30)19-21-7-2-1-3-8-21/h1-5,7-12,17-18,27H,6,13-16,19-20,32H2,(H,33,39)(H,34,35,38). The van der Waals surface area contributed by atoms with Crippen LogP contribution in [0.15, 0.2) is 78.9 Å². The van der Waals surface area contributed by atoms with Crippen molar-refractivity contribution in [2.45, 2.75) is 38.4 Å². The molecule has 1 atom stereocenters. The molecule has 3 amide bonds.